The van der Waals surface area contributed by atoms with Gasteiger partial charge in [-0.05, 0) is 93.3 Å². The van der Waals surface area contributed by atoms with Crippen LogP contribution in [-0.2, 0) is 25.0 Å². The highest BCUT2D eigenvalue weighted by atomic mass is 32.2. The van der Waals surface area contributed by atoms with Gasteiger partial charge in [-0.2, -0.15) is 17.0 Å². The first-order valence-corrected chi connectivity index (χ1v) is 20.5. The molecule has 0 unspecified atom stereocenters. The van der Waals surface area contributed by atoms with Crippen molar-refractivity contribution >= 4 is 25.9 Å². The van der Waals surface area contributed by atoms with Gasteiger partial charge in [0.2, 0.25) is 0 Å². The molecule has 0 amide bonds. The minimum absolute atomic E-state index is 0.0361. The zero-order valence-corrected chi connectivity index (χ0v) is 30.7. The molecular formula is C36H55N5O5S2. The summed E-state index contributed by atoms with van der Waals surface area (Å²) in [6, 6.07) is 17.2. The molecule has 0 N–H and O–H groups in total. The number of rotatable bonds is 9. The lowest BCUT2D eigenvalue weighted by Gasteiger charge is -2.36. The second-order valence-electron chi connectivity index (χ2n) is 13.7. The van der Waals surface area contributed by atoms with E-state index in [-0.39, 0.29) is 18.0 Å². The number of hydrogen-bond donors (Lipinski definition) is 0. The van der Waals surface area contributed by atoms with Crippen molar-refractivity contribution in [2.75, 3.05) is 78.5 Å². The van der Waals surface area contributed by atoms with Crippen LogP contribution in [-0.4, -0.2) is 108 Å². The van der Waals surface area contributed by atoms with Crippen molar-refractivity contribution in [3.8, 4) is 0 Å². The quantitative estimate of drug-likeness (QED) is 0.349. The first-order chi connectivity index (χ1) is 23.1. The summed E-state index contributed by atoms with van der Waals surface area (Å²) in [4.78, 5) is 4.55. The summed E-state index contributed by atoms with van der Waals surface area (Å²) in [7, 11) is -2.44. The van der Waals surface area contributed by atoms with E-state index in [1.54, 1.807) is 28.6 Å². The summed E-state index contributed by atoms with van der Waals surface area (Å²) < 4.78 is 66.9. The van der Waals surface area contributed by atoms with Gasteiger partial charge in [0.25, 0.3) is 20.2 Å². The maximum atomic E-state index is 14.3. The van der Waals surface area contributed by atoms with Crippen molar-refractivity contribution in [1.82, 2.24) is 17.8 Å². The fourth-order valence-corrected chi connectivity index (χ4v) is 10.4. The van der Waals surface area contributed by atoms with Gasteiger partial charge in [0.15, 0.2) is 0 Å². The smallest absolute Gasteiger partial charge is 0.282 e. The Morgan fingerprint density at radius 2 is 1.38 bits per heavy atom. The maximum absolute atomic E-state index is 14.3. The predicted molar refractivity (Wildman–Crippen MR) is 192 cm³/mol. The number of ether oxygens (including phenoxy) is 1. The van der Waals surface area contributed by atoms with Crippen molar-refractivity contribution in [2.45, 2.75) is 68.6 Å². The molecule has 10 nitrogen and oxygen atoms in total. The van der Waals surface area contributed by atoms with Gasteiger partial charge in [0.1, 0.15) is 5.76 Å². The van der Waals surface area contributed by atoms with Gasteiger partial charge in [-0.15, -0.1) is 0 Å². The number of anilines is 1. The second-order valence-corrected chi connectivity index (χ2v) is 17.6. The molecule has 2 aliphatic heterocycles. The van der Waals surface area contributed by atoms with Crippen LogP contribution in [0.4, 0.5) is 5.69 Å². The first-order valence-electron chi connectivity index (χ1n) is 17.6. The van der Waals surface area contributed by atoms with E-state index in [0.717, 1.165) is 38.2 Å². The zero-order chi connectivity index (χ0) is 34.1. The largest absolute Gasteiger partial charge is 0.498 e. The molecule has 0 radical (unpaired) electrons. The third-order valence-electron chi connectivity index (χ3n) is 10.2. The number of nitrogens with zero attached hydrogens (tertiary/aromatic N) is 5. The molecule has 2 aromatic carbocycles. The van der Waals surface area contributed by atoms with Gasteiger partial charge in [0, 0.05) is 52.5 Å². The summed E-state index contributed by atoms with van der Waals surface area (Å²) in [6.45, 7) is 3.95. The molecule has 266 valence electrons. The molecule has 2 aromatic rings. The molecule has 12 heteroatoms. The monoisotopic (exact) mass is 701 g/mol. The van der Waals surface area contributed by atoms with E-state index in [2.05, 4.69) is 17.0 Å². The van der Waals surface area contributed by atoms with E-state index in [0.29, 0.717) is 50.1 Å². The van der Waals surface area contributed by atoms with Crippen LogP contribution < -0.4 is 4.90 Å². The molecule has 0 bridgehead atoms. The SMILES string of the molecule is CO/C1=C/N(S(=O)(=O)c2ccc(N(C)C)cc2)CCCN(CC2CCCCC2)CCCN(S(=O)(=O)N2CCC(c3ccccc3)CC2)C1. The van der Waals surface area contributed by atoms with Crippen LogP contribution in [0.25, 0.3) is 0 Å². The lowest BCUT2D eigenvalue weighted by atomic mass is 9.89. The summed E-state index contributed by atoms with van der Waals surface area (Å²) in [5, 5.41) is 0. The van der Waals surface area contributed by atoms with Crippen molar-refractivity contribution in [2.24, 2.45) is 5.92 Å². The van der Waals surface area contributed by atoms with Crippen molar-refractivity contribution < 1.29 is 21.6 Å². The number of piperidine rings is 1. The van der Waals surface area contributed by atoms with Crippen molar-refractivity contribution in [3.05, 3.63) is 72.1 Å². The highest BCUT2D eigenvalue weighted by Gasteiger charge is 2.35. The second kappa shape index (κ2) is 16.8. The molecular weight excluding hydrogens is 647 g/mol. The molecule has 1 saturated heterocycles. The highest BCUT2D eigenvalue weighted by molar-refractivity contribution is 7.89. The molecule has 0 aromatic heterocycles. The summed E-state index contributed by atoms with van der Waals surface area (Å²) in [5.41, 5.74) is 2.16. The minimum atomic E-state index is -3.93. The predicted octanol–water partition coefficient (Wildman–Crippen LogP) is 5.33. The number of sulfonamides is 1. The van der Waals surface area contributed by atoms with Gasteiger partial charge in [0.05, 0.1) is 24.7 Å². The Bertz CT molecular complexity index is 1540. The van der Waals surface area contributed by atoms with E-state index in [9.17, 15) is 16.8 Å². The third kappa shape index (κ3) is 9.32. The summed E-state index contributed by atoms with van der Waals surface area (Å²) in [6.07, 6.45) is 10.6. The Hall–Kier alpha value is -2.64. The summed E-state index contributed by atoms with van der Waals surface area (Å²) >= 11 is 0. The zero-order valence-electron chi connectivity index (χ0n) is 29.0. The van der Waals surface area contributed by atoms with Gasteiger partial charge in [-0.3, -0.25) is 4.31 Å². The van der Waals surface area contributed by atoms with Crippen LogP contribution in [0.5, 0.6) is 0 Å². The normalized spacial score (nSPS) is 22.3. The van der Waals surface area contributed by atoms with E-state index in [1.807, 2.05) is 37.2 Å². The molecule has 5 rings (SSSR count). The van der Waals surface area contributed by atoms with Crippen LogP contribution in [0.1, 0.15) is 69.3 Å². The number of methoxy groups -OCH3 is 1. The topological polar surface area (TPSA) is 93.7 Å². The molecule has 1 aliphatic carbocycles. The van der Waals surface area contributed by atoms with Crippen LogP contribution in [0.3, 0.4) is 0 Å². The van der Waals surface area contributed by atoms with Crippen LogP contribution >= 0.6 is 0 Å². The van der Waals surface area contributed by atoms with Gasteiger partial charge in [-0.25, -0.2) is 8.42 Å². The number of benzene rings is 2. The van der Waals surface area contributed by atoms with Gasteiger partial charge >= 0.3 is 0 Å². The molecule has 0 spiro atoms. The van der Waals surface area contributed by atoms with Gasteiger partial charge < -0.3 is 14.5 Å². The van der Waals surface area contributed by atoms with Crippen LogP contribution in [0.15, 0.2) is 71.5 Å². The maximum Gasteiger partial charge on any atom is 0.282 e. The Labute approximate surface area is 289 Å². The van der Waals surface area contributed by atoms with Gasteiger partial charge in [-0.1, -0.05) is 49.6 Å². The van der Waals surface area contributed by atoms with Crippen molar-refractivity contribution in [3.63, 3.8) is 0 Å². The fraction of sp³-hybridized carbons (Fsp3) is 0.611. The Morgan fingerprint density at radius 3 is 2.00 bits per heavy atom. The fourth-order valence-electron chi connectivity index (χ4n) is 7.33. The van der Waals surface area contributed by atoms with Crippen LogP contribution in [0, 0.1) is 5.92 Å². The lowest BCUT2D eigenvalue weighted by Crippen LogP contribution is -2.48. The average molecular weight is 702 g/mol. The Balaban J connectivity index is 1.40. The average Bonchev–Trinajstić information content (AvgIpc) is 3.10. The van der Waals surface area contributed by atoms with Crippen molar-refractivity contribution in [1.29, 1.82) is 0 Å². The Kier molecular flexibility index (Phi) is 12.9. The molecule has 1 saturated carbocycles. The van der Waals surface area contributed by atoms with E-state index < -0.39 is 20.2 Å². The lowest BCUT2D eigenvalue weighted by molar-refractivity contribution is 0.184. The van der Waals surface area contributed by atoms with E-state index in [4.69, 9.17) is 4.74 Å². The molecule has 0 atom stereocenters. The molecule has 3 aliphatic rings. The van der Waals surface area contributed by atoms with E-state index >= 15 is 0 Å². The molecule has 2 fully saturated rings. The number of hydrogen-bond acceptors (Lipinski definition) is 7. The first kappa shape index (κ1) is 36.6. The highest BCUT2D eigenvalue weighted by Crippen LogP contribution is 2.31. The Morgan fingerprint density at radius 1 is 0.729 bits per heavy atom. The minimum Gasteiger partial charge on any atom is -0.498 e. The standard InChI is InChI=1S/C36H55N5O5S2/c1-37(2)34-16-18-36(19-17-34)47(42,43)40-24-10-22-38(28-31-12-6-4-7-13-31)23-11-25-41(30-35(29-40)46-3)48(44,45)39-26-20-33(21-27-39)32-14-8-5-9-15-32/h5,8-9,14-19,29,31,33H,4,6-7,10-13,20-28,30H2,1-3H3/b35-29+. The molecule has 2 heterocycles. The van der Waals surface area contributed by atoms with Crippen LogP contribution in [0.2, 0.25) is 0 Å². The third-order valence-corrected chi connectivity index (χ3v) is 14.0. The van der Waals surface area contributed by atoms with E-state index in [1.165, 1.54) is 59.6 Å². The summed E-state index contributed by atoms with van der Waals surface area (Å²) in [5.74, 6) is 1.26. The molecule has 48 heavy (non-hydrogen) atoms.